The van der Waals surface area contributed by atoms with Gasteiger partial charge < -0.3 is 20.3 Å². The smallest absolute Gasteiger partial charge is 0.406 e. The van der Waals surface area contributed by atoms with Crippen LogP contribution in [0.1, 0.15) is 21.5 Å². The van der Waals surface area contributed by atoms with Gasteiger partial charge in [-0.25, -0.2) is 13.2 Å². The van der Waals surface area contributed by atoms with Crippen molar-refractivity contribution in [3.05, 3.63) is 89.5 Å². The molecule has 192 valence electrons. The average Bonchev–Trinajstić information content (AvgIpc) is 3.48. The van der Waals surface area contributed by atoms with Crippen molar-refractivity contribution in [2.45, 2.75) is 22.5 Å². The first kappa shape index (κ1) is 24.6. The molecule has 0 saturated carbocycles. The Morgan fingerprint density at radius 1 is 1.00 bits per heavy atom. The summed E-state index contributed by atoms with van der Waals surface area (Å²) in [5, 5.41) is 5.11. The molecule has 2 aliphatic rings. The van der Waals surface area contributed by atoms with Gasteiger partial charge in [-0.2, -0.15) is 0 Å². The van der Waals surface area contributed by atoms with E-state index in [-0.39, 0.29) is 23.5 Å². The Kier molecular flexibility index (Phi) is 5.86. The number of urea groups is 1. The summed E-state index contributed by atoms with van der Waals surface area (Å²) < 4.78 is 68.7. The summed E-state index contributed by atoms with van der Waals surface area (Å²) in [5.74, 6) is -0.887. The average molecular weight is 532 g/mol. The highest BCUT2D eigenvalue weighted by Gasteiger charge is 2.51. The summed E-state index contributed by atoms with van der Waals surface area (Å²) in [5.41, 5.74) is 1.68. The third-order valence-electron chi connectivity index (χ3n) is 6.35. The van der Waals surface area contributed by atoms with Gasteiger partial charge in [-0.3, -0.25) is 4.79 Å². The Balaban J connectivity index is 1.44. The van der Waals surface area contributed by atoms with Crippen molar-refractivity contribution in [2.24, 2.45) is 0 Å². The molecule has 12 heteroatoms. The van der Waals surface area contributed by atoms with Gasteiger partial charge in [0.2, 0.25) is 9.84 Å². The number of hydrogen-bond donors (Lipinski definition) is 2. The summed E-state index contributed by atoms with van der Waals surface area (Å²) in [6.07, 6.45) is -4.46. The molecule has 0 bridgehead atoms. The number of carbonyl (C=O) groups is 2. The minimum atomic E-state index is -4.84. The van der Waals surface area contributed by atoms with Crippen LogP contribution < -0.4 is 20.3 Å². The van der Waals surface area contributed by atoms with E-state index in [1.54, 1.807) is 30.3 Å². The number of benzene rings is 3. The van der Waals surface area contributed by atoms with Gasteiger partial charge in [-0.1, -0.05) is 30.3 Å². The minimum Gasteiger partial charge on any atom is -0.406 e. The van der Waals surface area contributed by atoms with Crippen molar-refractivity contribution in [3.63, 3.8) is 0 Å². The van der Waals surface area contributed by atoms with Crippen molar-refractivity contribution in [1.82, 2.24) is 10.6 Å². The van der Waals surface area contributed by atoms with Crippen molar-refractivity contribution in [1.29, 1.82) is 0 Å². The topological polar surface area (TPSA) is 105 Å². The molecule has 2 heterocycles. The first-order valence-corrected chi connectivity index (χ1v) is 12.7. The zero-order chi connectivity index (χ0) is 26.4. The molecule has 1 unspecified atom stereocenters. The molecule has 2 aliphatic heterocycles. The molecule has 0 radical (unpaired) electrons. The molecule has 1 fully saturated rings. The largest absolute Gasteiger partial charge is 0.573 e. The molecule has 3 aromatic carbocycles. The second-order valence-electron chi connectivity index (χ2n) is 8.57. The van der Waals surface area contributed by atoms with E-state index in [0.29, 0.717) is 23.2 Å². The maximum absolute atomic E-state index is 13.8. The minimum absolute atomic E-state index is 0.0120. The van der Waals surface area contributed by atoms with E-state index in [1.807, 2.05) is 0 Å². The molecule has 1 atom stereocenters. The Bertz CT molecular complexity index is 1480. The van der Waals surface area contributed by atoms with Gasteiger partial charge in [0.1, 0.15) is 5.75 Å². The fourth-order valence-electron chi connectivity index (χ4n) is 4.59. The summed E-state index contributed by atoms with van der Waals surface area (Å²) in [6.45, 7) is 0.106. The van der Waals surface area contributed by atoms with Crippen molar-refractivity contribution < 1.29 is 35.9 Å². The number of carbonyl (C=O) groups excluding carboxylic acids is 2. The summed E-state index contributed by atoms with van der Waals surface area (Å²) >= 11 is 0. The molecule has 0 aliphatic carbocycles. The van der Waals surface area contributed by atoms with Crippen LogP contribution in [0.15, 0.2) is 77.7 Å². The Hall–Kier alpha value is -4.06. The van der Waals surface area contributed by atoms with Gasteiger partial charge in [0.25, 0.3) is 5.91 Å². The maximum Gasteiger partial charge on any atom is 0.573 e. The first-order valence-electron chi connectivity index (χ1n) is 11.2. The molecule has 1 saturated heterocycles. The molecular weight excluding hydrogens is 511 g/mol. The number of alkyl halides is 3. The first-order chi connectivity index (χ1) is 17.5. The van der Waals surface area contributed by atoms with Crippen LogP contribution in [0.5, 0.6) is 5.75 Å². The lowest BCUT2D eigenvalue weighted by atomic mass is 10.1. The third kappa shape index (κ3) is 4.37. The number of nitrogens with zero attached hydrogens (tertiary/aromatic N) is 1. The standard InChI is InChI=1S/C25H20F3N3O5S/c26-25(27,28)36-19-8-6-16(7-9-19)22(32)31-13-12-17-14-20(10-11-21(17)31)37(34,35)24(15-29-23(33)30-24)18-4-2-1-3-5-18/h1-11,14H,12-13,15H2,(H2,29,30,33). The van der Waals surface area contributed by atoms with Crippen molar-refractivity contribution in [3.8, 4) is 5.75 Å². The number of sulfone groups is 1. The monoisotopic (exact) mass is 531 g/mol. The summed E-state index contributed by atoms with van der Waals surface area (Å²) in [7, 11) is -4.12. The van der Waals surface area contributed by atoms with E-state index >= 15 is 0 Å². The summed E-state index contributed by atoms with van der Waals surface area (Å²) in [6, 6.07) is 16.8. The van der Waals surface area contributed by atoms with Crippen LogP contribution in [0.4, 0.5) is 23.7 Å². The molecule has 0 aromatic heterocycles. The molecule has 3 aromatic rings. The van der Waals surface area contributed by atoms with Gasteiger partial charge in [0, 0.05) is 17.8 Å². The molecular formula is C25H20F3N3O5S. The highest BCUT2D eigenvalue weighted by Crippen LogP contribution is 2.38. The highest BCUT2D eigenvalue weighted by molar-refractivity contribution is 7.92. The summed E-state index contributed by atoms with van der Waals surface area (Å²) in [4.78, 5) is 24.8. The third-order valence-corrected chi connectivity index (χ3v) is 8.62. The number of anilines is 1. The van der Waals surface area contributed by atoms with Crippen molar-refractivity contribution in [2.75, 3.05) is 18.0 Å². The van der Waals surface area contributed by atoms with Crippen LogP contribution in [-0.2, 0) is 21.1 Å². The van der Waals surface area contributed by atoms with Crippen molar-refractivity contribution >= 4 is 27.5 Å². The molecule has 8 nitrogen and oxygen atoms in total. The zero-order valence-corrected chi connectivity index (χ0v) is 19.9. The van der Waals surface area contributed by atoms with Gasteiger partial charge in [-0.05, 0) is 60.0 Å². The fourth-order valence-corrected chi connectivity index (χ4v) is 6.47. The predicted octanol–water partition coefficient (Wildman–Crippen LogP) is 3.73. The number of hydrogen-bond acceptors (Lipinski definition) is 5. The molecule has 0 spiro atoms. The fraction of sp³-hybridized carbons (Fsp3) is 0.200. The van der Waals surface area contributed by atoms with E-state index in [2.05, 4.69) is 15.4 Å². The second-order valence-corrected chi connectivity index (χ2v) is 10.7. The predicted molar refractivity (Wildman–Crippen MR) is 127 cm³/mol. The molecule has 5 rings (SSSR count). The molecule has 3 amide bonds. The highest BCUT2D eigenvalue weighted by atomic mass is 32.2. The number of rotatable bonds is 5. The van der Waals surface area contributed by atoms with Gasteiger partial charge in [0.05, 0.1) is 11.4 Å². The Morgan fingerprint density at radius 3 is 2.32 bits per heavy atom. The van der Waals surface area contributed by atoms with E-state index in [1.165, 1.54) is 35.2 Å². The normalized spacial score (nSPS) is 19.2. The van der Waals surface area contributed by atoms with E-state index in [0.717, 1.165) is 12.1 Å². The van der Waals surface area contributed by atoms with E-state index < -0.39 is 38.8 Å². The Labute approximate surface area is 210 Å². The van der Waals surface area contributed by atoms with Crippen LogP contribution in [-0.4, -0.2) is 39.8 Å². The van der Waals surface area contributed by atoms with Gasteiger partial charge in [0.15, 0.2) is 4.87 Å². The second kappa shape index (κ2) is 8.80. The quantitative estimate of drug-likeness (QED) is 0.522. The lowest BCUT2D eigenvalue weighted by molar-refractivity contribution is -0.274. The number of nitrogens with one attached hydrogen (secondary N) is 2. The number of amides is 3. The lowest BCUT2D eigenvalue weighted by Gasteiger charge is -2.28. The van der Waals surface area contributed by atoms with Crippen LogP contribution in [0.3, 0.4) is 0 Å². The van der Waals surface area contributed by atoms with E-state index in [9.17, 15) is 31.2 Å². The lowest BCUT2D eigenvalue weighted by Crippen LogP contribution is -2.47. The molecule has 2 N–H and O–H groups in total. The van der Waals surface area contributed by atoms with E-state index in [4.69, 9.17) is 0 Å². The van der Waals surface area contributed by atoms with Crippen LogP contribution in [0, 0.1) is 0 Å². The number of fused-ring (bicyclic) bond motifs is 1. The SMILES string of the molecule is O=C1NCC(c2ccccc2)(S(=O)(=O)c2ccc3c(c2)CCN3C(=O)c2ccc(OC(F)(F)F)cc2)N1. The maximum atomic E-state index is 13.8. The van der Waals surface area contributed by atoms with Crippen LogP contribution in [0.2, 0.25) is 0 Å². The molecule has 37 heavy (non-hydrogen) atoms. The zero-order valence-electron chi connectivity index (χ0n) is 19.1. The van der Waals surface area contributed by atoms with Crippen LogP contribution >= 0.6 is 0 Å². The number of halogens is 3. The van der Waals surface area contributed by atoms with Crippen LogP contribution in [0.25, 0.3) is 0 Å². The Morgan fingerprint density at radius 2 is 1.70 bits per heavy atom. The number of ether oxygens (including phenoxy) is 1. The van der Waals surface area contributed by atoms with Gasteiger partial charge >= 0.3 is 12.4 Å². The van der Waals surface area contributed by atoms with Gasteiger partial charge in [-0.15, -0.1) is 13.2 Å².